The van der Waals surface area contributed by atoms with E-state index >= 15 is 0 Å². The molecule has 0 aliphatic rings. The van der Waals surface area contributed by atoms with Crippen molar-refractivity contribution in [1.29, 1.82) is 0 Å². The van der Waals surface area contributed by atoms with Crippen LogP contribution in [0.15, 0.2) is 59.9 Å². The molecule has 3 rings (SSSR count). The largest absolute Gasteiger partial charge is 0.497 e. The molecule has 0 bridgehead atoms. The molecule has 0 saturated heterocycles. The molecule has 0 saturated carbocycles. The predicted molar refractivity (Wildman–Crippen MR) is 105 cm³/mol. The summed E-state index contributed by atoms with van der Waals surface area (Å²) in [5.41, 5.74) is 2.10. The van der Waals surface area contributed by atoms with Gasteiger partial charge in [-0.05, 0) is 48.5 Å². The number of methoxy groups -OCH3 is 1. The van der Waals surface area contributed by atoms with Crippen molar-refractivity contribution in [3.63, 3.8) is 0 Å². The quantitative estimate of drug-likeness (QED) is 0.478. The molecule has 1 N–H and O–H groups in total. The summed E-state index contributed by atoms with van der Waals surface area (Å²) in [7, 11) is 1.61. The number of halogens is 2. The molecule has 2 aromatic carbocycles. The van der Waals surface area contributed by atoms with E-state index in [0.29, 0.717) is 10.8 Å². The van der Waals surface area contributed by atoms with Crippen LogP contribution in [-0.4, -0.2) is 28.7 Å². The number of hydrogen-bond donors (Lipinski definition) is 1. The summed E-state index contributed by atoms with van der Waals surface area (Å²) in [5, 5.41) is 3.10. The van der Waals surface area contributed by atoms with E-state index in [4.69, 9.17) is 16.3 Å². The maximum absolute atomic E-state index is 13.2. The number of aromatic nitrogens is 2. The van der Waals surface area contributed by atoms with E-state index < -0.39 is 5.82 Å². The van der Waals surface area contributed by atoms with Gasteiger partial charge in [-0.15, -0.1) is 0 Å². The molecule has 8 heteroatoms. The fraction of sp³-hybridized carbons (Fsp3) is 0.105. The summed E-state index contributed by atoms with van der Waals surface area (Å²) in [6, 6.07) is 13.3. The van der Waals surface area contributed by atoms with Gasteiger partial charge in [-0.25, -0.2) is 14.4 Å². The molecule has 0 unspecified atom stereocenters. The molecule has 3 aromatic rings. The number of anilines is 1. The van der Waals surface area contributed by atoms with Crippen LogP contribution in [0.5, 0.6) is 5.75 Å². The third-order valence-electron chi connectivity index (χ3n) is 3.55. The molecule has 0 aliphatic heterocycles. The van der Waals surface area contributed by atoms with Gasteiger partial charge in [0.2, 0.25) is 5.91 Å². The summed E-state index contributed by atoms with van der Waals surface area (Å²) in [6.45, 7) is 0. The van der Waals surface area contributed by atoms with E-state index in [0.717, 1.165) is 17.0 Å². The zero-order valence-corrected chi connectivity index (χ0v) is 15.9. The average Bonchev–Trinajstić information content (AvgIpc) is 2.69. The van der Waals surface area contributed by atoms with Crippen molar-refractivity contribution in [3.05, 3.63) is 65.6 Å². The number of ether oxygens (including phenoxy) is 1. The van der Waals surface area contributed by atoms with Gasteiger partial charge in [0.05, 0.1) is 23.6 Å². The van der Waals surface area contributed by atoms with Gasteiger partial charge in [0.25, 0.3) is 0 Å². The number of carbonyl (C=O) groups is 1. The van der Waals surface area contributed by atoms with E-state index in [1.165, 1.54) is 30.0 Å². The molecule has 0 fully saturated rings. The van der Waals surface area contributed by atoms with Crippen LogP contribution in [0.1, 0.15) is 0 Å². The molecule has 1 aromatic heterocycles. The average molecular weight is 404 g/mol. The molecule has 0 aliphatic carbocycles. The van der Waals surface area contributed by atoms with Crippen LogP contribution >= 0.6 is 23.4 Å². The Balaban J connectivity index is 1.62. The van der Waals surface area contributed by atoms with Crippen molar-refractivity contribution in [2.45, 2.75) is 5.16 Å². The van der Waals surface area contributed by atoms with Gasteiger partial charge in [-0.2, -0.15) is 0 Å². The Hall–Kier alpha value is -2.64. The van der Waals surface area contributed by atoms with Crippen LogP contribution in [0.25, 0.3) is 11.3 Å². The van der Waals surface area contributed by atoms with Crippen LogP contribution in [0, 0.1) is 5.82 Å². The Morgan fingerprint density at radius 2 is 2.00 bits per heavy atom. The SMILES string of the molecule is COc1ccc(-c2ccnc(SCC(=O)Nc3ccc(F)c(Cl)c3)n2)cc1. The standard InChI is InChI=1S/C19H15ClFN3O2S/c1-26-14-5-2-12(3-6-14)17-8-9-22-19(24-17)27-11-18(25)23-13-4-7-16(21)15(20)10-13/h2-10H,11H2,1H3,(H,23,25). The summed E-state index contributed by atoms with van der Waals surface area (Å²) < 4.78 is 18.3. The molecular formula is C19H15ClFN3O2S. The van der Waals surface area contributed by atoms with Crippen LogP contribution in [0.4, 0.5) is 10.1 Å². The zero-order valence-electron chi connectivity index (χ0n) is 14.3. The topological polar surface area (TPSA) is 64.1 Å². The number of nitrogens with zero attached hydrogens (tertiary/aromatic N) is 2. The highest BCUT2D eigenvalue weighted by atomic mass is 35.5. The highest BCUT2D eigenvalue weighted by Crippen LogP contribution is 2.23. The maximum Gasteiger partial charge on any atom is 0.234 e. The number of carbonyl (C=O) groups excluding carboxylic acids is 1. The van der Waals surface area contributed by atoms with Gasteiger partial charge in [-0.1, -0.05) is 23.4 Å². The lowest BCUT2D eigenvalue weighted by atomic mass is 10.1. The Morgan fingerprint density at radius 1 is 1.22 bits per heavy atom. The third kappa shape index (κ3) is 5.18. The zero-order chi connectivity index (χ0) is 19.2. The molecule has 0 radical (unpaired) electrons. The van der Waals surface area contributed by atoms with Crippen molar-refractivity contribution < 1.29 is 13.9 Å². The first-order chi connectivity index (χ1) is 13.0. The Labute approximate surface area is 164 Å². The minimum Gasteiger partial charge on any atom is -0.497 e. The summed E-state index contributed by atoms with van der Waals surface area (Å²) >= 11 is 6.91. The number of benzene rings is 2. The van der Waals surface area contributed by atoms with Gasteiger partial charge in [0, 0.05) is 17.4 Å². The summed E-state index contributed by atoms with van der Waals surface area (Å²) in [6.07, 6.45) is 1.65. The lowest BCUT2D eigenvalue weighted by Gasteiger charge is -2.07. The van der Waals surface area contributed by atoms with Crippen LogP contribution in [-0.2, 0) is 4.79 Å². The summed E-state index contributed by atoms with van der Waals surface area (Å²) in [4.78, 5) is 20.7. The Kier molecular flexibility index (Phi) is 6.26. The molecule has 27 heavy (non-hydrogen) atoms. The van der Waals surface area contributed by atoms with Gasteiger partial charge in [0.1, 0.15) is 11.6 Å². The highest BCUT2D eigenvalue weighted by molar-refractivity contribution is 7.99. The first-order valence-electron chi connectivity index (χ1n) is 7.90. The van der Waals surface area contributed by atoms with E-state index in [-0.39, 0.29) is 16.7 Å². The van der Waals surface area contributed by atoms with Crippen molar-refractivity contribution >= 4 is 35.0 Å². The highest BCUT2D eigenvalue weighted by Gasteiger charge is 2.09. The Morgan fingerprint density at radius 3 is 2.70 bits per heavy atom. The maximum atomic E-state index is 13.2. The second-order valence-corrected chi connectivity index (χ2v) is 6.77. The van der Waals surface area contributed by atoms with E-state index in [2.05, 4.69) is 15.3 Å². The fourth-order valence-corrected chi connectivity index (χ4v) is 3.05. The lowest BCUT2D eigenvalue weighted by molar-refractivity contribution is -0.113. The number of hydrogen-bond acceptors (Lipinski definition) is 5. The number of amides is 1. The van der Waals surface area contributed by atoms with Gasteiger partial charge < -0.3 is 10.1 Å². The van der Waals surface area contributed by atoms with Crippen molar-refractivity contribution in [2.24, 2.45) is 0 Å². The normalized spacial score (nSPS) is 10.5. The van der Waals surface area contributed by atoms with Gasteiger partial charge >= 0.3 is 0 Å². The molecular weight excluding hydrogens is 389 g/mol. The van der Waals surface area contributed by atoms with E-state index in [1.54, 1.807) is 19.4 Å². The molecule has 0 atom stereocenters. The predicted octanol–water partition coefficient (Wildman–Crippen LogP) is 4.68. The lowest BCUT2D eigenvalue weighted by Crippen LogP contribution is -2.14. The first kappa shape index (κ1) is 19.1. The Bertz CT molecular complexity index is 954. The van der Waals surface area contributed by atoms with E-state index in [1.807, 2.05) is 24.3 Å². The number of thioether (sulfide) groups is 1. The smallest absolute Gasteiger partial charge is 0.234 e. The second kappa shape index (κ2) is 8.83. The molecule has 1 heterocycles. The molecule has 0 spiro atoms. The van der Waals surface area contributed by atoms with Crippen molar-refractivity contribution in [3.8, 4) is 17.0 Å². The van der Waals surface area contributed by atoms with Gasteiger partial charge in [0.15, 0.2) is 5.16 Å². The molecule has 1 amide bonds. The second-order valence-electron chi connectivity index (χ2n) is 5.42. The van der Waals surface area contributed by atoms with Crippen molar-refractivity contribution in [1.82, 2.24) is 9.97 Å². The molecule has 5 nitrogen and oxygen atoms in total. The van der Waals surface area contributed by atoms with Gasteiger partial charge in [-0.3, -0.25) is 4.79 Å². The minimum absolute atomic E-state index is 0.0454. The van der Waals surface area contributed by atoms with Crippen LogP contribution in [0.2, 0.25) is 5.02 Å². The molecule has 138 valence electrons. The monoisotopic (exact) mass is 403 g/mol. The van der Waals surface area contributed by atoms with Crippen molar-refractivity contribution in [2.75, 3.05) is 18.2 Å². The summed E-state index contributed by atoms with van der Waals surface area (Å²) in [5.74, 6) is 0.0787. The minimum atomic E-state index is -0.534. The van der Waals surface area contributed by atoms with Crippen LogP contribution < -0.4 is 10.1 Å². The van der Waals surface area contributed by atoms with E-state index in [9.17, 15) is 9.18 Å². The fourth-order valence-electron chi connectivity index (χ4n) is 2.23. The number of nitrogens with one attached hydrogen (secondary N) is 1. The first-order valence-corrected chi connectivity index (χ1v) is 9.26. The number of rotatable bonds is 6. The third-order valence-corrected chi connectivity index (χ3v) is 4.71. The van der Waals surface area contributed by atoms with Crippen LogP contribution in [0.3, 0.4) is 0 Å².